The summed E-state index contributed by atoms with van der Waals surface area (Å²) in [6, 6.07) is 10.2. The highest BCUT2D eigenvalue weighted by molar-refractivity contribution is 5.92. The molecule has 5 rings (SSSR count). The van der Waals surface area contributed by atoms with Gasteiger partial charge < -0.3 is 19.7 Å². The number of amides is 1. The van der Waals surface area contributed by atoms with E-state index in [1.165, 1.54) is 18.4 Å². The molecule has 8 nitrogen and oxygen atoms in total. The molecule has 0 radical (unpaired) electrons. The Bertz CT molecular complexity index is 861. The zero-order valence-corrected chi connectivity index (χ0v) is 15.6. The molecule has 0 spiro atoms. The van der Waals surface area contributed by atoms with Crippen molar-refractivity contribution in [3.63, 3.8) is 0 Å². The molecule has 1 amide bonds. The van der Waals surface area contributed by atoms with Gasteiger partial charge in [-0.05, 0) is 42.7 Å². The van der Waals surface area contributed by atoms with Gasteiger partial charge in [-0.2, -0.15) is 0 Å². The number of nitrogens with zero attached hydrogens (tertiary/aromatic N) is 4. The molecule has 3 aliphatic rings. The molecule has 1 N–H and O–H groups in total. The second-order valence-corrected chi connectivity index (χ2v) is 7.48. The molecular formula is C20H23N5O3. The number of benzene rings is 1. The maximum Gasteiger partial charge on any atom is 0.274 e. The smallest absolute Gasteiger partial charge is 0.274 e. The average Bonchev–Trinajstić information content (AvgIpc) is 3.42. The van der Waals surface area contributed by atoms with Crippen molar-refractivity contribution in [2.24, 2.45) is 0 Å². The minimum absolute atomic E-state index is 0.0480. The van der Waals surface area contributed by atoms with Gasteiger partial charge in [0.05, 0.1) is 0 Å². The number of fused-ring (bicyclic) bond motifs is 1. The molecule has 3 heterocycles. The van der Waals surface area contributed by atoms with E-state index in [-0.39, 0.29) is 5.91 Å². The van der Waals surface area contributed by atoms with Crippen molar-refractivity contribution in [2.45, 2.75) is 25.4 Å². The number of carbonyl (C=O) groups excluding carboxylic acids is 1. The number of piperazine rings is 1. The summed E-state index contributed by atoms with van der Waals surface area (Å²) in [5.41, 5.74) is 1.60. The maximum atomic E-state index is 12.7. The van der Waals surface area contributed by atoms with E-state index in [2.05, 4.69) is 26.5 Å². The number of hydrogen-bond donors (Lipinski definition) is 1. The van der Waals surface area contributed by atoms with Crippen LogP contribution in [0.5, 0.6) is 11.5 Å². The van der Waals surface area contributed by atoms with Gasteiger partial charge >= 0.3 is 0 Å². The summed E-state index contributed by atoms with van der Waals surface area (Å²) in [5.74, 6) is 2.31. The van der Waals surface area contributed by atoms with E-state index < -0.39 is 0 Å². The highest BCUT2D eigenvalue weighted by Crippen LogP contribution is 2.32. The number of aromatic nitrogens is 2. The fourth-order valence-corrected chi connectivity index (χ4v) is 3.53. The summed E-state index contributed by atoms with van der Waals surface area (Å²) < 4.78 is 10.8. The monoisotopic (exact) mass is 381 g/mol. The molecule has 1 saturated heterocycles. The first-order valence-corrected chi connectivity index (χ1v) is 9.75. The minimum atomic E-state index is -0.0480. The molecule has 28 heavy (non-hydrogen) atoms. The second-order valence-electron chi connectivity index (χ2n) is 7.48. The van der Waals surface area contributed by atoms with Gasteiger partial charge in [-0.25, -0.2) is 0 Å². The van der Waals surface area contributed by atoms with Crippen LogP contribution in [0.3, 0.4) is 0 Å². The maximum absolute atomic E-state index is 12.7. The van der Waals surface area contributed by atoms with Crippen LogP contribution in [0.25, 0.3) is 0 Å². The second kappa shape index (κ2) is 7.27. The third kappa shape index (κ3) is 3.73. The first-order valence-electron chi connectivity index (χ1n) is 9.75. The predicted molar refractivity (Wildman–Crippen MR) is 102 cm³/mol. The Morgan fingerprint density at radius 2 is 1.86 bits per heavy atom. The largest absolute Gasteiger partial charge is 0.454 e. The molecule has 0 unspecified atom stereocenters. The molecule has 1 aromatic heterocycles. The van der Waals surface area contributed by atoms with Gasteiger partial charge in [0.15, 0.2) is 17.2 Å². The Kier molecular flexibility index (Phi) is 4.48. The number of nitrogens with one attached hydrogen (secondary N) is 1. The fraction of sp³-hybridized carbons (Fsp3) is 0.450. The molecule has 2 aromatic rings. The Morgan fingerprint density at radius 1 is 1.04 bits per heavy atom. The van der Waals surface area contributed by atoms with E-state index in [4.69, 9.17) is 9.47 Å². The van der Waals surface area contributed by atoms with E-state index in [9.17, 15) is 4.79 Å². The van der Waals surface area contributed by atoms with Gasteiger partial charge in [-0.3, -0.25) is 9.69 Å². The Labute approximate surface area is 163 Å². The van der Waals surface area contributed by atoms with Gasteiger partial charge in [0.2, 0.25) is 6.79 Å². The molecular weight excluding hydrogens is 358 g/mol. The molecule has 8 heteroatoms. The summed E-state index contributed by atoms with van der Waals surface area (Å²) in [6.45, 7) is 4.16. The lowest BCUT2D eigenvalue weighted by Gasteiger charge is -2.34. The summed E-state index contributed by atoms with van der Waals surface area (Å²) in [7, 11) is 0. The van der Waals surface area contributed by atoms with E-state index in [1.807, 2.05) is 23.1 Å². The van der Waals surface area contributed by atoms with Crippen LogP contribution in [-0.4, -0.2) is 64.9 Å². The number of hydrogen-bond acceptors (Lipinski definition) is 7. The number of carbonyl (C=O) groups is 1. The van der Waals surface area contributed by atoms with Crippen molar-refractivity contribution >= 4 is 11.7 Å². The van der Waals surface area contributed by atoms with Crippen molar-refractivity contribution in [1.29, 1.82) is 0 Å². The van der Waals surface area contributed by atoms with E-state index in [0.717, 1.165) is 37.0 Å². The van der Waals surface area contributed by atoms with Crippen LogP contribution in [0, 0.1) is 0 Å². The van der Waals surface area contributed by atoms with Crippen LogP contribution in [0.1, 0.15) is 28.9 Å². The lowest BCUT2D eigenvalue weighted by atomic mass is 10.1. The zero-order valence-electron chi connectivity index (χ0n) is 15.6. The normalized spacial score (nSPS) is 18.9. The Morgan fingerprint density at radius 3 is 2.61 bits per heavy atom. The summed E-state index contributed by atoms with van der Waals surface area (Å²) in [5, 5.41) is 11.5. The highest BCUT2D eigenvalue weighted by atomic mass is 16.7. The fourth-order valence-electron chi connectivity index (χ4n) is 3.53. The van der Waals surface area contributed by atoms with Gasteiger partial charge in [-0.1, -0.05) is 6.07 Å². The minimum Gasteiger partial charge on any atom is -0.454 e. The summed E-state index contributed by atoms with van der Waals surface area (Å²) in [4.78, 5) is 16.9. The van der Waals surface area contributed by atoms with Crippen LogP contribution in [-0.2, 0) is 6.54 Å². The average molecular weight is 381 g/mol. The van der Waals surface area contributed by atoms with Crippen molar-refractivity contribution in [3.05, 3.63) is 41.6 Å². The van der Waals surface area contributed by atoms with Gasteiger partial charge in [-0.15, -0.1) is 10.2 Å². The molecule has 146 valence electrons. The topological polar surface area (TPSA) is 79.8 Å². The predicted octanol–water partition coefficient (Wildman–Crippen LogP) is 1.74. The lowest BCUT2D eigenvalue weighted by Crippen LogP contribution is -2.48. The van der Waals surface area contributed by atoms with Crippen molar-refractivity contribution in [2.75, 3.05) is 38.3 Å². The van der Waals surface area contributed by atoms with E-state index in [0.29, 0.717) is 31.6 Å². The first-order chi connectivity index (χ1) is 13.7. The number of rotatable bonds is 5. The van der Waals surface area contributed by atoms with Crippen molar-refractivity contribution < 1.29 is 14.3 Å². The van der Waals surface area contributed by atoms with Crippen molar-refractivity contribution in [1.82, 2.24) is 20.0 Å². The Hall–Kier alpha value is -2.87. The van der Waals surface area contributed by atoms with Gasteiger partial charge in [0.25, 0.3) is 5.91 Å². The summed E-state index contributed by atoms with van der Waals surface area (Å²) >= 11 is 0. The molecule has 0 atom stereocenters. The molecule has 2 fully saturated rings. The molecule has 2 aliphatic heterocycles. The van der Waals surface area contributed by atoms with E-state index >= 15 is 0 Å². The summed E-state index contributed by atoms with van der Waals surface area (Å²) in [6.07, 6.45) is 2.36. The van der Waals surface area contributed by atoms with Gasteiger partial charge in [0.1, 0.15) is 5.82 Å². The van der Waals surface area contributed by atoms with Crippen LogP contribution in [0.15, 0.2) is 30.3 Å². The molecule has 1 aromatic carbocycles. The standard InChI is InChI=1S/C20H23N5O3/c26-20(16-4-6-19(23-22-16)21-15-2-3-15)25-9-7-24(8-10-25)12-14-1-5-17-18(11-14)28-13-27-17/h1,4-6,11,15H,2-3,7-10,12-13H2,(H,21,23). The van der Waals surface area contributed by atoms with Crippen molar-refractivity contribution in [3.8, 4) is 11.5 Å². The molecule has 1 saturated carbocycles. The third-order valence-corrected chi connectivity index (χ3v) is 5.32. The van der Waals surface area contributed by atoms with Crippen LogP contribution >= 0.6 is 0 Å². The van der Waals surface area contributed by atoms with Gasteiger partial charge in [0, 0.05) is 38.8 Å². The quantitative estimate of drug-likeness (QED) is 0.845. The molecule has 1 aliphatic carbocycles. The van der Waals surface area contributed by atoms with Crippen LogP contribution < -0.4 is 14.8 Å². The molecule has 0 bridgehead atoms. The van der Waals surface area contributed by atoms with Crippen LogP contribution in [0.4, 0.5) is 5.82 Å². The van der Waals surface area contributed by atoms with Crippen LogP contribution in [0.2, 0.25) is 0 Å². The lowest BCUT2D eigenvalue weighted by molar-refractivity contribution is 0.0621. The number of ether oxygens (including phenoxy) is 2. The first kappa shape index (κ1) is 17.2. The number of anilines is 1. The zero-order chi connectivity index (χ0) is 18.9. The SMILES string of the molecule is O=C(c1ccc(NC2CC2)nn1)N1CCN(Cc2ccc3c(c2)OCO3)CC1. The van der Waals surface area contributed by atoms with E-state index in [1.54, 1.807) is 6.07 Å². The Balaban J connectivity index is 1.14. The third-order valence-electron chi connectivity index (χ3n) is 5.32. The highest BCUT2D eigenvalue weighted by Gasteiger charge is 2.25.